The Labute approximate surface area is 169 Å². The van der Waals surface area contributed by atoms with Gasteiger partial charge < -0.3 is 19.5 Å². The maximum absolute atomic E-state index is 12.4. The van der Waals surface area contributed by atoms with Gasteiger partial charge in [-0.2, -0.15) is 0 Å². The van der Waals surface area contributed by atoms with Crippen LogP contribution in [-0.4, -0.2) is 39.2 Å². The Morgan fingerprint density at radius 2 is 1.66 bits per heavy atom. The lowest BCUT2D eigenvalue weighted by Gasteiger charge is -2.10. The summed E-state index contributed by atoms with van der Waals surface area (Å²) in [5.41, 5.74) is 1.44. The van der Waals surface area contributed by atoms with Crippen LogP contribution in [-0.2, 0) is 16.0 Å². The number of amides is 1. The second kappa shape index (κ2) is 9.59. The third kappa shape index (κ3) is 5.04. The third-order valence-electron chi connectivity index (χ3n) is 4.53. The number of methoxy groups -OCH3 is 2. The van der Waals surface area contributed by atoms with Gasteiger partial charge in [0, 0.05) is 6.54 Å². The molecule has 6 nitrogen and oxygen atoms in total. The molecule has 150 valence electrons. The molecule has 0 bridgehead atoms. The topological polar surface area (TPSA) is 73.9 Å². The highest BCUT2D eigenvalue weighted by Gasteiger charge is 2.13. The zero-order valence-corrected chi connectivity index (χ0v) is 16.4. The Balaban J connectivity index is 1.49. The minimum atomic E-state index is -0.517. The predicted octanol–water partition coefficient (Wildman–Crippen LogP) is 3.37. The molecular formula is C23H23NO5. The first-order chi connectivity index (χ1) is 14.1. The molecule has 29 heavy (non-hydrogen) atoms. The fraction of sp³-hybridized carbons (Fsp3) is 0.217. The lowest BCUT2D eigenvalue weighted by Crippen LogP contribution is -2.30. The molecule has 0 aliphatic carbocycles. The van der Waals surface area contributed by atoms with E-state index in [1.165, 1.54) is 0 Å². The average molecular weight is 393 g/mol. The van der Waals surface area contributed by atoms with Crippen LogP contribution in [0.5, 0.6) is 11.5 Å². The standard InChI is InChI=1S/C23H23NO5/c1-27-20-11-10-16(14-21(20)28-2)12-13-24-22(25)15-29-23(26)19-9-5-7-17-6-3-4-8-18(17)19/h3-11,14H,12-13,15H2,1-2H3,(H,24,25). The number of hydrogen-bond donors (Lipinski definition) is 1. The van der Waals surface area contributed by atoms with E-state index in [4.69, 9.17) is 14.2 Å². The average Bonchev–Trinajstić information content (AvgIpc) is 2.76. The Kier molecular flexibility index (Phi) is 6.68. The first-order valence-electron chi connectivity index (χ1n) is 9.25. The van der Waals surface area contributed by atoms with E-state index >= 15 is 0 Å². The van der Waals surface area contributed by atoms with Gasteiger partial charge in [-0.1, -0.05) is 42.5 Å². The van der Waals surface area contributed by atoms with Gasteiger partial charge in [-0.3, -0.25) is 4.79 Å². The molecule has 0 heterocycles. The number of carbonyl (C=O) groups excluding carboxylic acids is 2. The normalized spacial score (nSPS) is 10.4. The van der Waals surface area contributed by atoms with Crippen molar-refractivity contribution in [2.24, 2.45) is 0 Å². The summed E-state index contributed by atoms with van der Waals surface area (Å²) in [7, 11) is 3.16. The van der Waals surface area contributed by atoms with E-state index in [-0.39, 0.29) is 12.5 Å². The van der Waals surface area contributed by atoms with Crippen molar-refractivity contribution in [2.75, 3.05) is 27.4 Å². The van der Waals surface area contributed by atoms with Crippen LogP contribution in [0.25, 0.3) is 10.8 Å². The summed E-state index contributed by atoms with van der Waals surface area (Å²) in [5, 5.41) is 4.50. The first kappa shape index (κ1) is 20.2. The SMILES string of the molecule is COc1ccc(CCNC(=O)COC(=O)c2cccc3ccccc23)cc1OC. The van der Waals surface area contributed by atoms with Gasteiger partial charge in [-0.05, 0) is 41.0 Å². The van der Waals surface area contributed by atoms with E-state index in [9.17, 15) is 9.59 Å². The van der Waals surface area contributed by atoms with E-state index in [0.717, 1.165) is 16.3 Å². The second-order valence-corrected chi connectivity index (χ2v) is 6.39. The zero-order valence-electron chi connectivity index (χ0n) is 16.4. The van der Waals surface area contributed by atoms with Crippen molar-refractivity contribution >= 4 is 22.6 Å². The van der Waals surface area contributed by atoms with Gasteiger partial charge in [0.25, 0.3) is 5.91 Å². The number of nitrogens with one attached hydrogen (secondary N) is 1. The molecule has 3 rings (SSSR count). The number of hydrogen-bond acceptors (Lipinski definition) is 5. The van der Waals surface area contributed by atoms with Gasteiger partial charge >= 0.3 is 5.97 Å². The largest absolute Gasteiger partial charge is 0.493 e. The number of benzene rings is 3. The van der Waals surface area contributed by atoms with Crippen LogP contribution >= 0.6 is 0 Å². The summed E-state index contributed by atoms with van der Waals surface area (Å²) >= 11 is 0. The minimum Gasteiger partial charge on any atom is -0.493 e. The quantitative estimate of drug-likeness (QED) is 0.594. The van der Waals surface area contributed by atoms with Crippen molar-refractivity contribution in [2.45, 2.75) is 6.42 Å². The van der Waals surface area contributed by atoms with Gasteiger partial charge in [-0.15, -0.1) is 0 Å². The van der Waals surface area contributed by atoms with Crippen LogP contribution in [0.15, 0.2) is 60.7 Å². The van der Waals surface area contributed by atoms with Gasteiger partial charge in [-0.25, -0.2) is 4.79 Å². The molecule has 0 spiro atoms. The Bertz CT molecular complexity index is 1010. The summed E-state index contributed by atoms with van der Waals surface area (Å²) in [5.74, 6) is 0.428. The third-order valence-corrected chi connectivity index (χ3v) is 4.53. The summed E-state index contributed by atoms with van der Waals surface area (Å²) in [6, 6.07) is 18.6. The molecule has 0 saturated carbocycles. The molecule has 0 atom stereocenters. The number of esters is 1. The maximum Gasteiger partial charge on any atom is 0.339 e. The van der Waals surface area contributed by atoms with Crippen LogP contribution in [0, 0.1) is 0 Å². The van der Waals surface area contributed by atoms with Crippen molar-refractivity contribution in [1.29, 1.82) is 0 Å². The molecule has 0 aliphatic rings. The molecule has 0 unspecified atom stereocenters. The Hall–Kier alpha value is -3.54. The van der Waals surface area contributed by atoms with Crippen LogP contribution in [0.2, 0.25) is 0 Å². The molecule has 6 heteroatoms. The molecule has 0 fully saturated rings. The highest BCUT2D eigenvalue weighted by atomic mass is 16.5. The van der Waals surface area contributed by atoms with Gasteiger partial charge in [0.05, 0.1) is 19.8 Å². The summed E-state index contributed by atoms with van der Waals surface area (Å²) in [4.78, 5) is 24.4. The minimum absolute atomic E-state index is 0.325. The van der Waals surface area contributed by atoms with Crippen molar-refractivity contribution < 1.29 is 23.8 Å². The molecule has 0 radical (unpaired) electrons. The van der Waals surface area contributed by atoms with E-state index in [1.807, 2.05) is 48.5 Å². The molecule has 0 aromatic heterocycles. The number of fused-ring (bicyclic) bond motifs is 1. The second-order valence-electron chi connectivity index (χ2n) is 6.39. The molecule has 0 saturated heterocycles. The summed E-state index contributed by atoms with van der Waals surface area (Å²) in [6.45, 7) is 0.0914. The molecular weight excluding hydrogens is 370 g/mol. The van der Waals surface area contributed by atoms with Gasteiger partial charge in [0.15, 0.2) is 18.1 Å². The Morgan fingerprint density at radius 3 is 2.45 bits per heavy atom. The summed E-state index contributed by atoms with van der Waals surface area (Å²) < 4.78 is 15.7. The maximum atomic E-state index is 12.4. The first-order valence-corrected chi connectivity index (χ1v) is 9.25. The molecule has 3 aromatic carbocycles. The van der Waals surface area contributed by atoms with Crippen molar-refractivity contribution in [3.63, 3.8) is 0 Å². The van der Waals surface area contributed by atoms with Crippen LogP contribution < -0.4 is 14.8 Å². The van der Waals surface area contributed by atoms with E-state index in [2.05, 4.69) is 5.32 Å². The fourth-order valence-electron chi connectivity index (χ4n) is 3.05. The van der Waals surface area contributed by atoms with E-state index < -0.39 is 5.97 Å². The van der Waals surface area contributed by atoms with Crippen molar-refractivity contribution in [3.8, 4) is 11.5 Å². The number of rotatable bonds is 8. The molecule has 3 aromatic rings. The van der Waals surface area contributed by atoms with E-state index in [0.29, 0.717) is 30.0 Å². The van der Waals surface area contributed by atoms with Crippen LogP contribution in [0.3, 0.4) is 0 Å². The van der Waals surface area contributed by atoms with Crippen LogP contribution in [0.4, 0.5) is 0 Å². The lowest BCUT2D eigenvalue weighted by molar-refractivity contribution is -0.124. The predicted molar refractivity (Wildman–Crippen MR) is 110 cm³/mol. The zero-order chi connectivity index (χ0) is 20.6. The van der Waals surface area contributed by atoms with Crippen molar-refractivity contribution in [1.82, 2.24) is 5.32 Å². The summed E-state index contributed by atoms with van der Waals surface area (Å²) in [6.07, 6.45) is 0.614. The van der Waals surface area contributed by atoms with Gasteiger partial charge in [0.2, 0.25) is 0 Å². The Morgan fingerprint density at radius 1 is 0.897 bits per heavy atom. The van der Waals surface area contributed by atoms with Crippen LogP contribution in [0.1, 0.15) is 15.9 Å². The molecule has 1 amide bonds. The van der Waals surface area contributed by atoms with E-state index in [1.54, 1.807) is 26.4 Å². The van der Waals surface area contributed by atoms with Crippen molar-refractivity contribution in [3.05, 3.63) is 71.8 Å². The van der Waals surface area contributed by atoms with Gasteiger partial charge in [0.1, 0.15) is 0 Å². The molecule has 0 aliphatic heterocycles. The smallest absolute Gasteiger partial charge is 0.339 e. The highest BCUT2D eigenvalue weighted by molar-refractivity contribution is 6.04. The number of ether oxygens (including phenoxy) is 3. The molecule has 1 N–H and O–H groups in total. The lowest BCUT2D eigenvalue weighted by atomic mass is 10.1. The number of carbonyl (C=O) groups is 2. The monoisotopic (exact) mass is 393 g/mol. The highest BCUT2D eigenvalue weighted by Crippen LogP contribution is 2.27. The fourth-order valence-corrected chi connectivity index (χ4v) is 3.05.